The molecule has 2 amide bonds. The largest absolute Gasteiger partial charge is 0.484 e. The summed E-state index contributed by atoms with van der Waals surface area (Å²) in [6.07, 6.45) is 1.38. The monoisotopic (exact) mass is 397 g/mol. The van der Waals surface area contributed by atoms with Gasteiger partial charge < -0.3 is 21.1 Å². The average Bonchev–Trinajstić information content (AvgIpc) is 2.66. The van der Waals surface area contributed by atoms with Crippen LogP contribution in [0.2, 0.25) is 0 Å². The number of nitrogens with two attached hydrogens (primary N) is 1. The molecule has 0 aromatic heterocycles. The Labute approximate surface area is 172 Å². The minimum absolute atomic E-state index is 0.0584. The molecule has 0 aliphatic carbocycles. The van der Waals surface area contributed by atoms with E-state index < -0.39 is 6.04 Å². The fourth-order valence-corrected chi connectivity index (χ4v) is 2.90. The molecular formula is C23H31N3O3. The van der Waals surface area contributed by atoms with E-state index in [1.165, 1.54) is 0 Å². The molecule has 0 unspecified atom stereocenters. The van der Waals surface area contributed by atoms with Crippen molar-refractivity contribution in [2.45, 2.75) is 39.7 Å². The summed E-state index contributed by atoms with van der Waals surface area (Å²) in [5, 5.41) is 5.68. The second-order valence-electron chi connectivity index (χ2n) is 7.63. The SMILES string of the molecule is Cc1cccc(NC(=O)COc2ccc(CCNC(=O)[C@@H](N)CC(C)C)cc2)c1. The molecular weight excluding hydrogens is 366 g/mol. The van der Waals surface area contributed by atoms with E-state index in [1.54, 1.807) is 0 Å². The van der Waals surface area contributed by atoms with E-state index in [0.29, 0.717) is 31.1 Å². The smallest absolute Gasteiger partial charge is 0.262 e. The van der Waals surface area contributed by atoms with Gasteiger partial charge in [-0.2, -0.15) is 0 Å². The fraction of sp³-hybridized carbons (Fsp3) is 0.391. The van der Waals surface area contributed by atoms with Gasteiger partial charge in [-0.05, 0) is 61.1 Å². The number of aryl methyl sites for hydroxylation is 1. The van der Waals surface area contributed by atoms with Crippen LogP contribution in [-0.4, -0.2) is 31.0 Å². The van der Waals surface area contributed by atoms with Gasteiger partial charge in [0.15, 0.2) is 6.61 Å². The molecule has 1 atom stereocenters. The van der Waals surface area contributed by atoms with Gasteiger partial charge in [0.2, 0.25) is 5.91 Å². The van der Waals surface area contributed by atoms with Crippen LogP contribution in [-0.2, 0) is 16.0 Å². The molecule has 6 heteroatoms. The minimum Gasteiger partial charge on any atom is -0.484 e. The van der Waals surface area contributed by atoms with Gasteiger partial charge in [0, 0.05) is 12.2 Å². The maximum Gasteiger partial charge on any atom is 0.262 e. The Hall–Kier alpha value is -2.86. The molecule has 0 fully saturated rings. The zero-order valence-electron chi connectivity index (χ0n) is 17.4. The molecule has 0 saturated heterocycles. The Bertz CT molecular complexity index is 803. The third kappa shape index (κ3) is 8.35. The van der Waals surface area contributed by atoms with Crippen molar-refractivity contribution in [3.05, 3.63) is 59.7 Å². The molecule has 0 spiro atoms. The molecule has 0 saturated carbocycles. The van der Waals surface area contributed by atoms with Crippen molar-refractivity contribution >= 4 is 17.5 Å². The topological polar surface area (TPSA) is 93.5 Å². The van der Waals surface area contributed by atoms with Crippen molar-refractivity contribution in [2.24, 2.45) is 11.7 Å². The summed E-state index contributed by atoms with van der Waals surface area (Å²) in [7, 11) is 0. The van der Waals surface area contributed by atoms with E-state index in [9.17, 15) is 9.59 Å². The van der Waals surface area contributed by atoms with Crippen molar-refractivity contribution in [1.82, 2.24) is 5.32 Å². The first-order chi connectivity index (χ1) is 13.8. The van der Waals surface area contributed by atoms with E-state index in [-0.39, 0.29) is 18.4 Å². The highest BCUT2D eigenvalue weighted by Crippen LogP contribution is 2.13. The van der Waals surface area contributed by atoms with Crippen molar-refractivity contribution in [3.8, 4) is 5.75 Å². The number of ether oxygens (including phenoxy) is 1. The number of carbonyl (C=O) groups excluding carboxylic acids is 2. The third-order valence-corrected chi connectivity index (χ3v) is 4.37. The number of carbonyl (C=O) groups is 2. The van der Waals surface area contributed by atoms with Crippen molar-refractivity contribution in [3.63, 3.8) is 0 Å². The lowest BCUT2D eigenvalue weighted by Gasteiger charge is -2.14. The first kappa shape index (κ1) is 22.4. The van der Waals surface area contributed by atoms with Crippen LogP contribution in [0.15, 0.2) is 48.5 Å². The van der Waals surface area contributed by atoms with Crippen LogP contribution < -0.4 is 21.1 Å². The average molecular weight is 398 g/mol. The number of hydrogen-bond acceptors (Lipinski definition) is 4. The van der Waals surface area contributed by atoms with Crippen LogP contribution in [0, 0.1) is 12.8 Å². The van der Waals surface area contributed by atoms with Crippen LogP contribution >= 0.6 is 0 Å². The first-order valence-electron chi connectivity index (χ1n) is 9.95. The van der Waals surface area contributed by atoms with Gasteiger partial charge in [0.05, 0.1) is 6.04 Å². The number of amides is 2. The van der Waals surface area contributed by atoms with Crippen LogP contribution in [0.4, 0.5) is 5.69 Å². The van der Waals surface area contributed by atoms with Gasteiger partial charge in [-0.15, -0.1) is 0 Å². The predicted octanol–water partition coefficient (Wildman–Crippen LogP) is 3.04. The van der Waals surface area contributed by atoms with Gasteiger partial charge in [-0.3, -0.25) is 9.59 Å². The number of benzene rings is 2. The zero-order valence-corrected chi connectivity index (χ0v) is 17.4. The molecule has 0 bridgehead atoms. The Morgan fingerprint density at radius 3 is 2.48 bits per heavy atom. The van der Waals surface area contributed by atoms with Gasteiger partial charge in [0.1, 0.15) is 5.75 Å². The number of rotatable bonds is 10. The normalized spacial score (nSPS) is 11.8. The molecule has 29 heavy (non-hydrogen) atoms. The van der Waals surface area contributed by atoms with Crippen molar-refractivity contribution < 1.29 is 14.3 Å². The van der Waals surface area contributed by atoms with Crippen molar-refractivity contribution in [2.75, 3.05) is 18.5 Å². The van der Waals surface area contributed by atoms with Gasteiger partial charge in [-0.25, -0.2) is 0 Å². The number of hydrogen-bond donors (Lipinski definition) is 3. The van der Waals surface area contributed by atoms with Crippen LogP contribution in [0.1, 0.15) is 31.4 Å². The summed E-state index contributed by atoms with van der Waals surface area (Å²) in [4.78, 5) is 23.9. The highest BCUT2D eigenvalue weighted by Gasteiger charge is 2.14. The van der Waals surface area contributed by atoms with Gasteiger partial charge in [0.25, 0.3) is 5.91 Å². The molecule has 6 nitrogen and oxygen atoms in total. The summed E-state index contributed by atoms with van der Waals surface area (Å²) in [5.74, 6) is 0.691. The standard InChI is InChI=1S/C23H31N3O3/c1-16(2)13-21(24)23(28)25-12-11-18-7-9-20(10-8-18)29-15-22(27)26-19-6-4-5-17(3)14-19/h4-10,14,16,21H,11-13,15,24H2,1-3H3,(H,25,28)(H,26,27)/t21-/m0/s1. The highest BCUT2D eigenvalue weighted by molar-refractivity contribution is 5.91. The minimum atomic E-state index is -0.461. The maximum absolute atomic E-state index is 12.0. The Morgan fingerprint density at radius 1 is 1.10 bits per heavy atom. The molecule has 0 radical (unpaired) electrons. The quantitative estimate of drug-likeness (QED) is 0.574. The molecule has 0 aliphatic heterocycles. The molecule has 156 valence electrons. The van der Waals surface area contributed by atoms with E-state index >= 15 is 0 Å². The summed E-state index contributed by atoms with van der Waals surface area (Å²) >= 11 is 0. The molecule has 2 aromatic carbocycles. The predicted molar refractivity (Wildman–Crippen MR) is 116 cm³/mol. The first-order valence-corrected chi connectivity index (χ1v) is 9.95. The highest BCUT2D eigenvalue weighted by atomic mass is 16.5. The van der Waals surface area contributed by atoms with Crippen LogP contribution in [0.5, 0.6) is 5.75 Å². The zero-order chi connectivity index (χ0) is 21.2. The summed E-state index contributed by atoms with van der Waals surface area (Å²) < 4.78 is 5.54. The molecule has 0 aliphatic rings. The van der Waals surface area contributed by atoms with Crippen LogP contribution in [0.25, 0.3) is 0 Å². The lowest BCUT2D eigenvalue weighted by molar-refractivity contribution is -0.122. The van der Waals surface area contributed by atoms with Gasteiger partial charge >= 0.3 is 0 Å². The van der Waals surface area contributed by atoms with E-state index in [1.807, 2.05) is 69.3 Å². The number of anilines is 1. The molecule has 0 heterocycles. The lowest BCUT2D eigenvalue weighted by Crippen LogP contribution is -2.42. The third-order valence-electron chi connectivity index (χ3n) is 4.37. The van der Waals surface area contributed by atoms with Gasteiger partial charge in [-0.1, -0.05) is 38.1 Å². The van der Waals surface area contributed by atoms with Crippen molar-refractivity contribution in [1.29, 1.82) is 0 Å². The van der Waals surface area contributed by atoms with E-state index in [4.69, 9.17) is 10.5 Å². The second kappa shape index (κ2) is 11.2. The maximum atomic E-state index is 12.0. The second-order valence-corrected chi connectivity index (χ2v) is 7.63. The fourth-order valence-electron chi connectivity index (χ4n) is 2.90. The summed E-state index contributed by atoms with van der Waals surface area (Å²) in [6, 6.07) is 14.6. The van der Waals surface area contributed by atoms with Crippen LogP contribution in [0.3, 0.4) is 0 Å². The molecule has 4 N–H and O–H groups in total. The van der Waals surface area contributed by atoms with E-state index in [2.05, 4.69) is 10.6 Å². The summed E-state index contributed by atoms with van der Waals surface area (Å²) in [5.41, 5.74) is 8.77. The molecule has 2 rings (SSSR count). The number of nitrogens with one attached hydrogen (secondary N) is 2. The summed E-state index contributed by atoms with van der Waals surface area (Å²) in [6.45, 7) is 6.53. The lowest BCUT2D eigenvalue weighted by atomic mass is 10.0. The Kier molecular flexibility index (Phi) is 8.68. The Balaban J connectivity index is 1.71. The Morgan fingerprint density at radius 2 is 1.83 bits per heavy atom. The van der Waals surface area contributed by atoms with E-state index in [0.717, 1.165) is 16.8 Å². The molecule has 2 aromatic rings.